The van der Waals surface area contributed by atoms with Gasteiger partial charge in [-0.25, -0.2) is 0 Å². The Labute approximate surface area is 586 Å². The van der Waals surface area contributed by atoms with Crippen LogP contribution in [0.3, 0.4) is 0 Å². The van der Waals surface area contributed by atoms with Crippen LogP contribution in [0.1, 0.15) is 234 Å². The highest BCUT2D eigenvalue weighted by atomic mass is 79.9. The summed E-state index contributed by atoms with van der Waals surface area (Å²) in [7, 11) is -1.04. The van der Waals surface area contributed by atoms with Crippen LogP contribution in [-0.2, 0) is 52.7 Å². The fourth-order valence-corrected chi connectivity index (χ4v) is 16.6. The van der Waals surface area contributed by atoms with E-state index in [4.69, 9.17) is 38.5 Å². The zero-order valence-electron chi connectivity index (χ0n) is 58.7. The molecule has 3 saturated heterocycles. The van der Waals surface area contributed by atoms with E-state index in [-0.39, 0.29) is 18.0 Å². The zero-order valence-corrected chi connectivity index (χ0v) is 60.3. The Kier molecular flexibility index (Phi) is 23.9. The van der Waals surface area contributed by atoms with E-state index in [0.29, 0.717) is 53.6 Å². The molecule has 6 aromatic rings. The molecule has 2 unspecified atom stereocenters. The highest BCUT2D eigenvalue weighted by molar-refractivity contribution is 9.10. The standard InChI is InChI=1S/C29H38O2.C26H33BrO2.C25H30O6.C3H7BO2/c1-5-27-19(3)18(2)20(4)29(31-27)24-11-12-26(22-9-10-22)25(17-24)16-21-8-13-28-23(15-21)7-6-14-30-28;1-5-24-17(3)16(2)18(4)26(29-24)21-9-10-23(27)22(15-21)14-19-8-11-25-20(13-19)7-6-12-28-25;26-13-21-22(27)23(28)24(29)25(31-21)17-6-7-19(15-4-5-15)18(12-17)11-14-3-8-20-16(10-14)2-1-9-30-20;5-4(6)3-1-2-3/h8,11-13,15,17-20,22,27,29H,5-7,9-10,14,16H2,1-4H3;8-11,13,15-18,24,26H,5-7,12,14H2,1-4H3;3,6-8,10,12,15,21-29H,1-2,4-5,9,11,13H2;3,5-6H,1-2H2/t18-,19-,20+,27+,29?;16-,17-,18+,24+,26?;21-,22-,23+,24-,25+;/m001./s1. The maximum atomic E-state index is 10.5. The summed E-state index contributed by atoms with van der Waals surface area (Å²) in [5.41, 5.74) is 18.3. The first kappa shape index (κ1) is 71.7. The SMILES string of the molecule is CC[C@H]1OC(c2ccc(Br)c(Cc3ccc4c(c3)CCCO4)c2)[C@H](C)[C@@H](C)[C@@H]1C.CC[C@H]1OC(c2ccc(C3CC3)c(Cc3ccc4c(c3)CCCO4)c2)[C@H](C)[C@@H](C)[C@@H]1C.OB(O)C1CC1.OC[C@H]1O[C@@H](c2ccc(C3CC3)c(Cc3ccc4c(c3)CCCO4)c2)[C@H](O)[C@@H](O)[C@@H]1O. The van der Waals surface area contributed by atoms with Crippen LogP contribution in [0, 0.1) is 35.5 Å². The van der Waals surface area contributed by atoms with Crippen molar-refractivity contribution in [3.05, 3.63) is 192 Å². The predicted molar refractivity (Wildman–Crippen MR) is 387 cm³/mol. The minimum atomic E-state index is -1.37. The molecule has 14 heteroatoms. The van der Waals surface area contributed by atoms with Crippen molar-refractivity contribution >= 4 is 23.0 Å². The van der Waals surface area contributed by atoms with E-state index in [2.05, 4.69) is 174 Å². The number of ether oxygens (including phenoxy) is 6. The van der Waals surface area contributed by atoms with E-state index >= 15 is 0 Å². The highest BCUT2D eigenvalue weighted by Crippen LogP contribution is 2.49. The lowest BCUT2D eigenvalue weighted by atomic mass is 9.74. The van der Waals surface area contributed by atoms with Crippen LogP contribution in [0.2, 0.25) is 5.82 Å². The number of halogens is 1. The quantitative estimate of drug-likeness (QED) is 0.0537. The van der Waals surface area contributed by atoms with Crippen LogP contribution in [0.4, 0.5) is 0 Å². The van der Waals surface area contributed by atoms with Crippen molar-refractivity contribution in [1.29, 1.82) is 0 Å². The van der Waals surface area contributed by atoms with Crippen molar-refractivity contribution in [2.45, 2.75) is 237 Å². The Morgan fingerprint density at radius 2 is 0.814 bits per heavy atom. The molecule has 15 atom stereocenters. The summed E-state index contributed by atoms with van der Waals surface area (Å²) in [5, 5.41) is 56.8. The second kappa shape index (κ2) is 32.3. The lowest BCUT2D eigenvalue weighted by molar-refractivity contribution is -0.231. The fourth-order valence-electron chi connectivity index (χ4n) is 16.2. The number of hydrogen-bond acceptors (Lipinski definition) is 12. The Balaban J connectivity index is 0.000000133. The summed E-state index contributed by atoms with van der Waals surface area (Å²) in [4.78, 5) is 0. The van der Waals surface area contributed by atoms with Crippen molar-refractivity contribution in [3.8, 4) is 17.2 Å². The van der Waals surface area contributed by atoms with Crippen LogP contribution in [0.5, 0.6) is 17.2 Å². The van der Waals surface area contributed by atoms with Crippen LogP contribution >= 0.6 is 15.9 Å². The fraction of sp³-hybridized carbons (Fsp3) is 0.566. The average Bonchev–Trinajstić information content (AvgIpc) is 1.74. The largest absolute Gasteiger partial charge is 0.493 e. The second-order valence-electron chi connectivity index (χ2n) is 30.2. The molecule has 6 aromatic carbocycles. The summed E-state index contributed by atoms with van der Waals surface area (Å²) < 4.78 is 37.6. The monoisotopic (exact) mass is 1390 g/mol. The third-order valence-corrected chi connectivity index (χ3v) is 24.1. The molecule has 12 nitrogen and oxygen atoms in total. The smallest absolute Gasteiger partial charge is 0.454 e. The van der Waals surface area contributed by atoms with Crippen molar-refractivity contribution in [1.82, 2.24) is 0 Å². The first-order chi connectivity index (χ1) is 46.9. The van der Waals surface area contributed by atoms with Gasteiger partial charge in [0.2, 0.25) is 0 Å². The number of aryl methyl sites for hydroxylation is 3. The highest BCUT2D eigenvalue weighted by Gasteiger charge is 2.45. The van der Waals surface area contributed by atoms with E-state index in [1.165, 1.54) is 96.9 Å². The van der Waals surface area contributed by atoms with Gasteiger partial charge in [-0.1, -0.05) is 169 Å². The molecule has 3 saturated carbocycles. The van der Waals surface area contributed by atoms with Gasteiger partial charge in [-0.2, -0.15) is 0 Å². The molecule has 0 aromatic heterocycles. The van der Waals surface area contributed by atoms with Gasteiger partial charge in [0.25, 0.3) is 0 Å². The topological polar surface area (TPSA) is 177 Å². The normalized spacial score (nSPS) is 29.5. The Morgan fingerprint density at radius 3 is 1.20 bits per heavy atom. The predicted octanol–water partition coefficient (Wildman–Crippen LogP) is 16.0. The van der Waals surface area contributed by atoms with Gasteiger partial charge in [0, 0.05) is 4.47 Å². The molecule has 6 aliphatic heterocycles. The Bertz CT molecular complexity index is 3440. The van der Waals surface area contributed by atoms with Gasteiger partial charge in [0.05, 0.1) is 50.8 Å². The number of rotatable bonds is 15. The molecule has 6 fully saturated rings. The number of aliphatic hydroxyl groups is 4. The molecule has 6 N–H and O–H groups in total. The van der Waals surface area contributed by atoms with Gasteiger partial charge in [0.1, 0.15) is 47.8 Å². The summed E-state index contributed by atoms with van der Waals surface area (Å²) >= 11 is 3.78. The minimum absolute atomic E-state index is 0.176. The number of aliphatic hydroxyl groups excluding tert-OH is 4. The molecular weight excluding hydrogens is 1280 g/mol. The molecule has 522 valence electrons. The van der Waals surface area contributed by atoms with Crippen LogP contribution in [0.25, 0.3) is 0 Å². The van der Waals surface area contributed by atoms with Crippen molar-refractivity contribution in [3.63, 3.8) is 0 Å². The lowest BCUT2D eigenvalue weighted by Crippen LogP contribution is -2.55. The number of hydrogen-bond donors (Lipinski definition) is 6. The van der Waals surface area contributed by atoms with E-state index in [1.54, 1.807) is 5.56 Å². The summed E-state index contributed by atoms with van der Waals surface area (Å²) in [5.74, 6) is 8.30. The van der Waals surface area contributed by atoms with E-state index < -0.39 is 44.2 Å². The number of benzene rings is 6. The van der Waals surface area contributed by atoms with Crippen molar-refractivity contribution in [2.24, 2.45) is 35.5 Å². The van der Waals surface area contributed by atoms with Crippen LogP contribution in [0.15, 0.2) is 114 Å². The van der Waals surface area contributed by atoms with E-state index in [0.717, 1.165) is 132 Å². The zero-order chi connectivity index (χ0) is 68.2. The Morgan fingerprint density at radius 1 is 0.423 bits per heavy atom. The van der Waals surface area contributed by atoms with Gasteiger partial charge in [-0.15, -0.1) is 0 Å². The number of fused-ring (bicyclic) bond motifs is 3. The van der Waals surface area contributed by atoms with Crippen LogP contribution < -0.4 is 14.2 Å². The van der Waals surface area contributed by atoms with Crippen molar-refractivity contribution < 1.29 is 58.9 Å². The van der Waals surface area contributed by atoms with E-state index in [9.17, 15) is 20.4 Å². The molecular formula is C83H108BBrO12. The van der Waals surface area contributed by atoms with Crippen molar-refractivity contribution in [2.75, 3.05) is 26.4 Å². The molecule has 0 spiro atoms. The molecule has 3 aliphatic carbocycles. The molecule has 6 heterocycles. The molecule has 9 aliphatic rings. The molecule has 15 rings (SSSR count). The summed E-state index contributed by atoms with van der Waals surface area (Å²) in [6.45, 7) is 20.8. The molecule has 0 bridgehead atoms. The lowest BCUT2D eigenvalue weighted by Gasteiger charge is -2.44. The second-order valence-corrected chi connectivity index (χ2v) is 31.0. The first-order valence-electron chi connectivity index (χ1n) is 37.1. The summed E-state index contributed by atoms with van der Waals surface area (Å²) in [6, 6.07) is 40.1. The average molecular weight is 1390 g/mol. The third-order valence-electron chi connectivity index (χ3n) is 23.4. The maximum Gasteiger partial charge on any atom is 0.454 e. The molecule has 0 radical (unpaired) electrons. The van der Waals surface area contributed by atoms with Gasteiger partial charge >= 0.3 is 7.12 Å². The van der Waals surface area contributed by atoms with Gasteiger partial charge in [-0.05, 0) is 252 Å². The molecule has 97 heavy (non-hydrogen) atoms. The first-order valence-corrected chi connectivity index (χ1v) is 37.9. The minimum Gasteiger partial charge on any atom is -0.493 e. The Hall–Kier alpha value is -5.10. The third kappa shape index (κ3) is 17.1. The van der Waals surface area contributed by atoms with Gasteiger partial charge in [-0.3, -0.25) is 0 Å². The van der Waals surface area contributed by atoms with Gasteiger partial charge < -0.3 is 58.9 Å². The molecule has 0 amide bonds. The van der Waals surface area contributed by atoms with Gasteiger partial charge in [0.15, 0.2) is 0 Å². The maximum absolute atomic E-state index is 10.5. The van der Waals surface area contributed by atoms with Crippen LogP contribution in [-0.4, -0.2) is 101 Å². The van der Waals surface area contributed by atoms with E-state index in [1.807, 2.05) is 6.07 Å². The summed E-state index contributed by atoms with van der Waals surface area (Å²) in [6.07, 6.45) is 13.9.